The predicted octanol–water partition coefficient (Wildman–Crippen LogP) is 1.82. The van der Waals surface area contributed by atoms with Crippen molar-refractivity contribution in [1.82, 2.24) is 4.90 Å². The van der Waals surface area contributed by atoms with Crippen LogP contribution < -0.4 is 0 Å². The molecule has 0 atom stereocenters. The zero-order chi connectivity index (χ0) is 14.5. The van der Waals surface area contributed by atoms with E-state index in [1.54, 1.807) is 13.2 Å². The molecule has 0 saturated carbocycles. The molecule has 5 heteroatoms. The molecule has 0 radical (unpaired) electrons. The smallest absolute Gasteiger partial charge is 0.289 e. The van der Waals surface area contributed by atoms with Crippen LogP contribution in [0.15, 0.2) is 28.7 Å². The van der Waals surface area contributed by atoms with Crippen molar-refractivity contribution in [2.45, 2.75) is 6.92 Å². The number of methoxy groups -OCH3 is 1. The summed E-state index contributed by atoms with van der Waals surface area (Å²) < 4.78 is 10.6. The maximum Gasteiger partial charge on any atom is 0.289 e. The maximum absolute atomic E-state index is 12.4. The molecule has 0 aliphatic rings. The molecule has 108 valence electrons. The molecule has 1 heterocycles. The minimum absolute atomic E-state index is 0.0885. The van der Waals surface area contributed by atoms with Gasteiger partial charge in [0.25, 0.3) is 5.91 Å². The number of hydrogen-bond acceptors (Lipinski definition) is 4. The van der Waals surface area contributed by atoms with Crippen LogP contribution >= 0.6 is 0 Å². The molecule has 2 rings (SSSR count). The Bertz CT molecular complexity index is 591. The second-order valence-electron chi connectivity index (χ2n) is 4.66. The Morgan fingerprint density at radius 3 is 2.85 bits per heavy atom. The topological polar surface area (TPSA) is 62.9 Å². The van der Waals surface area contributed by atoms with E-state index in [9.17, 15) is 4.79 Å². The summed E-state index contributed by atoms with van der Waals surface area (Å²) in [6.07, 6.45) is 0. The summed E-state index contributed by atoms with van der Waals surface area (Å²) in [4.78, 5) is 13.9. The largest absolute Gasteiger partial charge is 0.451 e. The third kappa shape index (κ3) is 3.18. The van der Waals surface area contributed by atoms with E-state index in [4.69, 9.17) is 14.3 Å². The first-order valence-electron chi connectivity index (χ1n) is 6.55. The molecule has 0 saturated heterocycles. The molecule has 5 nitrogen and oxygen atoms in total. The highest BCUT2D eigenvalue weighted by Gasteiger charge is 2.19. The molecule has 0 fully saturated rings. The van der Waals surface area contributed by atoms with Crippen LogP contribution in [-0.4, -0.2) is 49.3 Å². The van der Waals surface area contributed by atoms with Gasteiger partial charge >= 0.3 is 0 Å². The Labute approximate surface area is 117 Å². The maximum atomic E-state index is 12.4. The van der Waals surface area contributed by atoms with E-state index < -0.39 is 0 Å². The second-order valence-corrected chi connectivity index (χ2v) is 4.66. The molecule has 1 amide bonds. The van der Waals surface area contributed by atoms with Gasteiger partial charge in [-0.3, -0.25) is 4.79 Å². The molecule has 1 aromatic heterocycles. The van der Waals surface area contributed by atoms with E-state index in [1.165, 1.54) is 4.90 Å². The van der Waals surface area contributed by atoms with Crippen molar-refractivity contribution in [3.63, 3.8) is 0 Å². The van der Waals surface area contributed by atoms with Crippen LogP contribution in [0, 0.1) is 6.92 Å². The molecular formula is C15H19NO4. The number of rotatable bonds is 6. The summed E-state index contributed by atoms with van der Waals surface area (Å²) in [5.74, 6) is 0.0557. The standard InChI is InChI=1S/C15H19NO4/c1-11-3-4-13-12(9-11)10-14(20-13)15(18)16(5-7-17)6-8-19-2/h3-4,9-10,17H,5-8H2,1-2H3. The van der Waals surface area contributed by atoms with E-state index in [2.05, 4.69) is 0 Å². The number of carbonyl (C=O) groups excluding carboxylic acids is 1. The molecular weight excluding hydrogens is 258 g/mol. The minimum atomic E-state index is -0.232. The lowest BCUT2D eigenvalue weighted by atomic mass is 10.2. The number of benzene rings is 1. The summed E-state index contributed by atoms with van der Waals surface area (Å²) in [6.45, 7) is 3.01. The number of carbonyl (C=O) groups is 1. The number of aliphatic hydroxyl groups excluding tert-OH is 1. The highest BCUT2D eigenvalue weighted by Crippen LogP contribution is 2.21. The molecule has 0 aliphatic carbocycles. The first-order valence-corrected chi connectivity index (χ1v) is 6.55. The van der Waals surface area contributed by atoms with Crippen molar-refractivity contribution in [1.29, 1.82) is 0 Å². The van der Waals surface area contributed by atoms with E-state index >= 15 is 0 Å². The van der Waals surface area contributed by atoms with Crippen molar-refractivity contribution in [3.8, 4) is 0 Å². The highest BCUT2D eigenvalue weighted by molar-refractivity contribution is 5.96. The number of aliphatic hydroxyl groups is 1. The summed E-state index contributed by atoms with van der Waals surface area (Å²) >= 11 is 0. The van der Waals surface area contributed by atoms with E-state index in [0.717, 1.165) is 10.9 Å². The number of hydrogen-bond donors (Lipinski definition) is 1. The lowest BCUT2D eigenvalue weighted by Crippen LogP contribution is -2.35. The van der Waals surface area contributed by atoms with Gasteiger partial charge in [-0.05, 0) is 25.1 Å². The fraction of sp³-hybridized carbons (Fsp3) is 0.400. The summed E-state index contributed by atoms with van der Waals surface area (Å²) in [6, 6.07) is 7.51. The van der Waals surface area contributed by atoms with Crippen LogP contribution in [0.5, 0.6) is 0 Å². The zero-order valence-corrected chi connectivity index (χ0v) is 11.8. The SMILES string of the molecule is COCCN(CCO)C(=O)c1cc2cc(C)ccc2o1. The monoisotopic (exact) mass is 277 g/mol. The van der Waals surface area contributed by atoms with Gasteiger partial charge in [0.05, 0.1) is 13.2 Å². The Hall–Kier alpha value is -1.85. The predicted molar refractivity (Wildman–Crippen MR) is 75.8 cm³/mol. The number of ether oxygens (including phenoxy) is 1. The van der Waals surface area contributed by atoms with E-state index in [0.29, 0.717) is 18.7 Å². The average molecular weight is 277 g/mol. The number of fused-ring (bicyclic) bond motifs is 1. The van der Waals surface area contributed by atoms with Crippen LogP contribution in [0.1, 0.15) is 16.1 Å². The second kappa shape index (κ2) is 6.54. The van der Waals surface area contributed by atoms with Gasteiger partial charge in [0, 0.05) is 25.6 Å². The minimum Gasteiger partial charge on any atom is -0.451 e. The molecule has 1 aromatic carbocycles. The molecule has 0 bridgehead atoms. The number of amides is 1. The summed E-state index contributed by atoms with van der Waals surface area (Å²) in [5, 5.41) is 9.95. The third-order valence-electron chi connectivity index (χ3n) is 3.11. The highest BCUT2D eigenvalue weighted by atomic mass is 16.5. The third-order valence-corrected chi connectivity index (χ3v) is 3.11. The van der Waals surface area contributed by atoms with Crippen LogP contribution in [0.3, 0.4) is 0 Å². The molecule has 20 heavy (non-hydrogen) atoms. The Morgan fingerprint density at radius 2 is 2.15 bits per heavy atom. The molecule has 0 unspecified atom stereocenters. The van der Waals surface area contributed by atoms with Gasteiger partial charge < -0.3 is 19.2 Å². The fourth-order valence-corrected chi connectivity index (χ4v) is 2.06. The van der Waals surface area contributed by atoms with Gasteiger partial charge in [-0.25, -0.2) is 0 Å². The summed E-state index contributed by atoms with van der Waals surface area (Å²) in [7, 11) is 1.57. The van der Waals surface area contributed by atoms with Crippen LogP contribution in [0.25, 0.3) is 11.0 Å². The lowest BCUT2D eigenvalue weighted by molar-refractivity contribution is 0.0628. The van der Waals surface area contributed by atoms with E-state index in [1.807, 2.05) is 25.1 Å². The normalized spacial score (nSPS) is 10.9. The first-order chi connectivity index (χ1) is 9.65. The van der Waals surface area contributed by atoms with Crippen molar-refractivity contribution < 1.29 is 19.1 Å². The Balaban J connectivity index is 2.23. The first kappa shape index (κ1) is 14.6. The number of nitrogens with zero attached hydrogens (tertiary/aromatic N) is 1. The van der Waals surface area contributed by atoms with Crippen molar-refractivity contribution in [2.24, 2.45) is 0 Å². The van der Waals surface area contributed by atoms with Gasteiger partial charge in [0.2, 0.25) is 0 Å². The van der Waals surface area contributed by atoms with Crippen LogP contribution in [0.2, 0.25) is 0 Å². The molecule has 1 N–H and O–H groups in total. The lowest BCUT2D eigenvalue weighted by Gasteiger charge is -2.19. The van der Waals surface area contributed by atoms with E-state index in [-0.39, 0.29) is 24.8 Å². The zero-order valence-electron chi connectivity index (χ0n) is 11.8. The van der Waals surface area contributed by atoms with Gasteiger partial charge in [-0.15, -0.1) is 0 Å². The quantitative estimate of drug-likeness (QED) is 0.875. The van der Waals surface area contributed by atoms with Crippen molar-refractivity contribution in [3.05, 3.63) is 35.6 Å². The molecule has 2 aromatic rings. The van der Waals surface area contributed by atoms with Gasteiger partial charge in [-0.2, -0.15) is 0 Å². The molecule has 0 aliphatic heterocycles. The Morgan fingerprint density at radius 1 is 1.35 bits per heavy atom. The van der Waals surface area contributed by atoms with Crippen molar-refractivity contribution in [2.75, 3.05) is 33.4 Å². The number of furan rings is 1. The van der Waals surface area contributed by atoms with Gasteiger partial charge in [0.1, 0.15) is 5.58 Å². The summed E-state index contributed by atoms with van der Waals surface area (Å²) in [5.41, 5.74) is 1.80. The van der Waals surface area contributed by atoms with Crippen LogP contribution in [-0.2, 0) is 4.74 Å². The van der Waals surface area contributed by atoms with Gasteiger partial charge in [0.15, 0.2) is 5.76 Å². The average Bonchev–Trinajstić information content (AvgIpc) is 2.85. The number of aryl methyl sites for hydroxylation is 1. The Kier molecular flexibility index (Phi) is 4.76. The molecule has 0 spiro atoms. The fourth-order valence-electron chi connectivity index (χ4n) is 2.06. The van der Waals surface area contributed by atoms with Crippen LogP contribution in [0.4, 0.5) is 0 Å². The van der Waals surface area contributed by atoms with Crippen molar-refractivity contribution >= 4 is 16.9 Å². The van der Waals surface area contributed by atoms with Gasteiger partial charge in [-0.1, -0.05) is 11.6 Å².